The molecule has 2 aromatic heterocycles. The van der Waals surface area contributed by atoms with Crippen molar-refractivity contribution in [2.24, 2.45) is 0 Å². The Morgan fingerprint density at radius 2 is 2.22 bits per heavy atom. The largest absolute Gasteiger partial charge is 0.348 e. The van der Waals surface area contributed by atoms with E-state index in [0.29, 0.717) is 11.7 Å². The van der Waals surface area contributed by atoms with Gasteiger partial charge in [-0.05, 0) is 30.5 Å². The first-order chi connectivity index (χ1) is 11.1. The number of rotatable bonds is 4. The Labute approximate surface area is 133 Å². The van der Waals surface area contributed by atoms with Crippen molar-refractivity contribution in [3.05, 3.63) is 42.2 Å². The van der Waals surface area contributed by atoms with E-state index in [-0.39, 0.29) is 12.6 Å². The molecule has 0 aliphatic rings. The van der Waals surface area contributed by atoms with Crippen LogP contribution < -0.4 is 5.32 Å². The first kappa shape index (κ1) is 15.1. The minimum atomic E-state index is -0.221. The third-order valence-corrected chi connectivity index (χ3v) is 3.66. The standard InChI is InChI=1S/C16H19N5O2/c1-4-21-8-7-12-5-6-13(9-14(12)21)18-16(22)20(3)10-15-17-11(2)23-19-15/h5-9H,4,10H2,1-3H3,(H,18,22). The molecule has 1 N–H and O–H groups in total. The van der Waals surface area contributed by atoms with Gasteiger partial charge in [-0.15, -0.1) is 0 Å². The van der Waals surface area contributed by atoms with Crippen LogP contribution in [0.25, 0.3) is 10.9 Å². The Bertz CT molecular complexity index is 836. The highest BCUT2D eigenvalue weighted by atomic mass is 16.5. The molecular formula is C16H19N5O2. The molecule has 120 valence electrons. The van der Waals surface area contributed by atoms with E-state index in [9.17, 15) is 4.79 Å². The van der Waals surface area contributed by atoms with Gasteiger partial charge < -0.3 is 19.3 Å². The maximum Gasteiger partial charge on any atom is 0.321 e. The summed E-state index contributed by atoms with van der Waals surface area (Å²) in [4.78, 5) is 17.9. The number of fused-ring (bicyclic) bond motifs is 1. The minimum Gasteiger partial charge on any atom is -0.348 e. The monoisotopic (exact) mass is 313 g/mol. The van der Waals surface area contributed by atoms with Crippen molar-refractivity contribution in [2.45, 2.75) is 26.9 Å². The number of urea groups is 1. The average molecular weight is 313 g/mol. The molecule has 0 fully saturated rings. The summed E-state index contributed by atoms with van der Waals surface area (Å²) < 4.78 is 7.04. The summed E-state index contributed by atoms with van der Waals surface area (Å²) in [5.41, 5.74) is 1.86. The van der Waals surface area contributed by atoms with Gasteiger partial charge >= 0.3 is 6.03 Å². The molecule has 7 heteroatoms. The predicted octanol–water partition coefficient (Wildman–Crippen LogP) is 3.02. The van der Waals surface area contributed by atoms with Gasteiger partial charge in [0.05, 0.1) is 12.1 Å². The third-order valence-electron chi connectivity index (χ3n) is 3.66. The van der Waals surface area contributed by atoms with E-state index in [4.69, 9.17) is 4.52 Å². The molecule has 0 spiro atoms. The predicted molar refractivity (Wildman–Crippen MR) is 87.1 cm³/mol. The van der Waals surface area contributed by atoms with Crippen LogP contribution in [0.3, 0.4) is 0 Å². The second-order valence-electron chi connectivity index (χ2n) is 5.39. The van der Waals surface area contributed by atoms with Crippen LogP contribution in [-0.2, 0) is 13.1 Å². The Morgan fingerprint density at radius 1 is 1.39 bits per heavy atom. The molecule has 0 bridgehead atoms. The summed E-state index contributed by atoms with van der Waals surface area (Å²) in [5, 5.41) is 7.83. The molecule has 3 rings (SSSR count). The Kier molecular flexibility index (Phi) is 4.01. The topological polar surface area (TPSA) is 76.2 Å². The highest BCUT2D eigenvalue weighted by Crippen LogP contribution is 2.20. The number of carbonyl (C=O) groups is 1. The number of hydrogen-bond donors (Lipinski definition) is 1. The lowest BCUT2D eigenvalue weighted by molar-refractivity contribution is 0.219. The van der Waals surface area contributed by atoms with Gasteiger partial charge in [-0.25, -0.2) is 4.79 Å². The summed E-state index contributed by atoms with van der Waals surface area (Å²) in [5.74, 6) is 0.968. The molecule has 23 heavy (non-hydrogen) atoms. The summed E-state index contributed by atoms with van der Waals surface area (Å²) in [7, 11) is 1.69. The van der Waals surface area contributed by atoms with E-state index >= 15 is 0 Å². The lowest BCUT2D eigenvalue weighted by Gasteiger charge is -2.16. The fourth-order valence-electron chi connectivity index (χ4n) is 2.45. The minimum absolute atomic E-state index is 0.221. The molecule has 2 amide bonds. The third kappa shape index (κ3) is 3.18. The van der Waals surface area contributed by atoms with E-state index in [1.54, 1.807) is 14.0 Å². The van der Waals surface area contributed by atoms with Gasteiger partial charge in [0.1, 0.15) is 0 Å². The molecule has 0 atom stereocenters. The summed E-state index contributed by atoms with van der Waals surface area (Å²) in [6.07, 6.45) is 2.04. The van der Waals surface area contributed by atoms with Gasteiger partial charge in [0, 0.05) is 32.4 Å². The molecule has 0 unspecified atom stereocenters. The van der Waals surface area contributed by atoms with Gasteiger partial charge in [-0.3, -0.25) is 0 Å². The van der Waals surface area contributed by atoms with E-state index in [1.807, 2.05) is 24.4 Å². The van der Waals surface area contributed by atoms with Crippen LogP contribution in [0.15, 0.2) is 35.0 Å². The molecule has 0 aliphatic heterocycles. The van der Waals surface area contributed by atoms with Crippen molar-refractivity contribution < 1.29 is 9.32 Å². The van der Waals surface area contributed by atoms with Gasteiger partial charge in [0.15, 0.2) is 5.82 Å². The summed E-state index contributed by atoms with van der Waals surface area (Å²) >= 11 is 0. The highest BCUT2D eigenvalue weighted by molar-refractivity contribution is 5.92. The number of aromatic nitrogens is 3. The van der Waals surface area contributed by atoms with Gasteiger partial charge in [0.25, 0.3) is 0 Å². The molecule has 3 aromatic rings. The number of anilines is 1. The Balaban J connectivity index is 1.71. The number of nitrogens with one attached hydrogen (secondary N) is 1. The molecule has 0 saturated carbocycles. The van der Waals surface area contributed by atoms with Crippen LogP contribution in [-0.4, -0.2) is 32.7 Å². The Hall–Kier alpha value is -2.83. The highest BCUT2D eigenvalue weighted by Gasteiger charge is 2.13. The van der Waals surface area contributed by atoms with Crippen LogP contribution in [0.1, 0.15) is 18.6 Å². The summed E-state index contributed by atoms with van der Waals surface area (Å²) in [6.45, 7) is 4.98. The van der Waals surface area contributed by atoms with E-state index < -0.39 is 0 Å². The van der Waals surface area contributed by atoms with Crippen LogP contribution in [0, 0.1) is 6.92 Å². The number of hydrogen-bond acceptors (Lipinski definition) is 4. The fraction of sp³-hybridized carbons (Fsp3) is 0.312. The maximum absolute atomic E-state index is 12.3. The summed E-state index contributed by atoms with van der Waals surface area (Å²) in [6, 6.07) is 7.71. The zero-order valence-corrected chi connectivity index (χ0v) is 13.4. The molecular weight excluding hydrogens is 294 g/mol. The molecule has 0 radical (unpaired) electrons. The second-order valence-corrected chi connectivity index (χ2v) is 5.39. The van der Waals surface area contributed by atoms with Crippen LogP contribution in [0.2, 0.25) is 0 Å². The lowest BCUT2D eigenvalue weighted by Crippen LogP contribution is -2.31. The first-order valence-electron chi connectivity index (χ1n) is 7.47. The number of nitrogens with zero attached hydrogens (tertiary/aromatic N) is 4. The second kappa shape index (κ2) is 6.12. The fourth-order valence-corrected chi connectivity index (χ4v) is 2.45. The molecule has 0 saturated heterocycles. The van der Waals surface area contributed by atoms with E-state index in [1.165, 1.54) is 4.90 Å². The van der Waals surface area contributed by atoms with Gasteiger partial charge in [0.2, 0.25) is 5.89 Å². The van der Waals surface area contributed by atoms with Gasteiger partial charge in [-0.2, -0.15) is 4.98 Å². The van der Waals surface area contributed by atoms with Crippen molar-refractivity contribution in [1.82, 2.24) is 19.6 Å². The van der Waals surface area contributed by atoms with E-state index in [0.717, 1.165) is 23.1 Å². The molecule has 1 aromatic carbocycles. The SMILES string of the molecule is CCn1ccc2ccc(NC(=O)N(C)Cc3noc(C)n3)cc21. The Morgan fingerprint density at radius 3 is 2.91 bits per heavy atom. The number of amides is 2. The number of aryl methyl sites for hydroxylation is 2. The number of carbonyl (C=O) groups excluding carboxylic acids is 1. The first-order valence-corrected chi connectivity index (χ1v) is 7.47. The zero-order chi connectivity index (χ0) is 16.4. The smallest absolute Gasteiger partial charge is 0.321 e. The average Bonchev–Trinajstić information content (AvgIpc) is 3.12. The van der Waals surface area contributed by atoms with Crippen molar-refractivity contribution in [3.63, 3.8) is 0 Å². The molecule has 2 heterocycles. The zero-order valence-electron chi connectivity index (χ0n) is 13.4. The van der Waals surface area contributed by atoms with Gasteiger partial charge in [-0.1, -0.05) is 11.2 Å². The molecule has 7 nitrogen and oxygen atoms in total. The number of benzene rings is 1. The van der Waals surface area contributed by atoms with Crippen molar-refractivity contribution in [1.29, 1.82) is 0 Å². The van der Waals surface area contributed by atoms with Crippen LogP contribution in [0.5, 0.6) is 0 Å². The van der Waals surface area contributed by atoms with Crippen LogP contribution in [0.4, 0.5) is 10.5 Å². The van der Waals surface area contributed by atoms with Crippen molar-refractivity contribution in [3.8, 4) is 0 Å². The maximum atomic E-state index is 12.3. The van der Waals surface area contributed by atoms with E-state index in [2.05, 4.69) is 33.0 Å². The normalized spacial score (nSPS) is 10.9. The van der Waals surface area contributed by atoms with Crippen molar-refractivity contribution >= 4 is 22.6 Å². The van der Waals surface area contributed by atoms with Crippen molar-refractivity contribution in [2.75, 3.05) is 12.4 Å². The quantitative estimate of drug-likeness (QED) is 0.803. The lowest BCUT2D eigenvalue weighted by atomic mass is 10.2. The molecule has 0 aliphatic carbocycles. The van der Waals surface area contributed by atoms with Crippen LogP contribution >= 0.6 is 0 Å².